The fourth-order valence-electron chi connectivity index (χ4n) is 1.59. The summed E-state index contributed by atoms with van der Waals surface area (Å²) in [4.78, 5) is 3.90. The van der Waals surface area contributed by atoms with Gasteiger partial charge < -0.3 is 4.42 Å². The Balaban J connectivity index is 2.24. The zero-order chi connectivity index (χ0) is 14.0. The van der Waals surface area contributed by atoms with Crippen molar-refractivity contribution in [2.24, 2.45) is 0 Å². The maximum absolute atomic E-state index is 12.3. The Bertz CT molecular complexity index is 665. The highest BCUT2D eigenvalue weighted by atomic mass is 35.5. The molecular weight excluding hydrogens is 288 g/mol. The van der Waals surface area contributed by atoms with Gasteiger partial charge in [-0.05, 0) is 25.1 Å². The molecule has 2 heterocycles. The average molecular weight is 301 g/mol. The number of rotatable bonds is 4. The van der Waals surface area contributed by atoms with Crippen molar-refractivity contribution in [2.45, 2.75) is 18.4 Å². The Morgan fingerprint density at radius 2 is 2.11 bits per heavy atom. The number of halogens is 1. The lowest BCUT2D eigenvalue weighted by Crippen LogP contribution is -2.26. The van der Waals surface area contributed by atoms with Crippen molar-refractivity contribution < 1.29 is 12.8 Å². The van der Waals surface area contributed by atoms with Crippen LogP contribution in [0.1, 0.15) is 11.3 Å². The first-order chi connectivity index (χ1) is 8.91. The van der Waals surface area contributed by atoms with Crippen LogP contribution in [0.2, 0.25) is 5.15 Å². The highest BCUT2D eigenvalue weighted by molar-refractivity contribution is 7.89. The van der Waals surface area contributed by atoms with Gasteiger partial charge in [-0.25, -0.2) is 13.4 Å². The van der Waals surface area contributed by atoms with Gasteiger partial charge in [-0.3, -0.25) is 0 Å². The van der Waals surface area contributed by atoms with Gasteiger partial charge >= 0.3 is 0 Å². The quantitative estimate of drug-likeness (QED) is 0.814. The molecule has 0 unspecified atom stereocenters. The van der Waals surface area contributed by atoms with Gasteiger partial charge in [0.25, 0.3) is 0 Å². The van der Waals surface area contributed by atoms with Gasteiger partial charge in [0.05, 0.1) is 6.26 Å². The van der Waals surface area contributed by atoms with Crippen molar-refractivity contribution in [2.75, 3.05) is 7.05 Å². The Kier molecular flexibility index (Phi) is 3.93. The highest BCUT2D eigenvalue weighted by Crippen LogP contribution is 2.19. The summed E-state index contributed by atoms with van der Waals surface area (Å²) in [7, 11) is -2.07. The van der Waals surface area contributed by atoms with Crippen molar-refractivity contribution in [3.8, 4) is 0 Å². The molecule has 0 amide bonds. The maximum atomic E-state index is 12.3. The summed E-state index contributed by atoms with van der Waals surface area (Å²) in [6, 6.07) is 4.64. The minimum Gasteiger partial charge on any atom is -0.469 e. The summed E-state index contributed by atoms with van der Waals surface area (Å²) in [6.07, 6.45) is 2.78. The molecule has 0 bridgehead atoms. The van der Waals surface area contributed by atoms with E-state index in [0.29, 0.717) is 5.76 Å². The predicted octanol–water partition coefficient (Wildman–Crippen LogP) is 2.46. The Morgan fingerprint density at radius 3 is 2.63 bits per heavy atom. The third-order valence-electron chi connectivity index (χ3n) is 2.77. The first-order valence-electron chi connectivity index (χ1n) is 5.52. The Morgan fingerprint density at radius 1 is 1.37 bits per heavy atom. The van der Waals surface area contributed by atoms with Crippen LogP contribution in [-0.2, 0) is 16.6 Å². The highest BCUT2D eigenvalue weighted by Gasteiger charge is 2.22. The summed E-state index contributed by atoms with van der Waals surface area (Å²) in [5.74, 6) is 0.705. The van der Waals surface area contributed by atoms with E-state index in [9.17, 15) is 8.42 Å². The third kappa shape index (κ3) is 2.97. The number of aromatic nitrogens is 1. The van der Waals surface area contributed by atoms with E-state index in [1.165, 1.54) is 35.9 Å². The van der Waals surface area contributed by atoms with Gasteiger partial charge in [-0.1, -0.05) is 11.6 Å². The van der Waals surface area contributed by atoms with Crippen LogP contribution < -0.4 is 0 Å². The van der Waals surface area contributed by atoms with E-state index >= 15 is 0 Å². The fraction of sp³-hybridized carbons (Fsp3) is 0.250. The van der Waals surface area contributed by atoms with Crippen LogP contribution in [0.4, 0.5) is 0 Å². The van der Waals surface area contributed by atoms with Gasteiger partial charge in [-0.2, -0.15) is 4.31 Å². The van der Waals surface area contributed by atoms with Crippen molar-refractivity contribution in [1.29, 1.82) is 0 Å². The molecule has 0 aliphatic carbocycles. The lowest BCUT2D eigenvalue weighted by molar-refractivity contribution is 0.458. The summed E-state index contributed by atoms with van der Waals surface area (Å²) < 4.78 is 31.0. The molecule has 0 aliphatic rings. The average Bonchev–Trinajstić information content (AvgIpc) is 2.75. The second-order valence-electron chi connectivity index (χ2n) is 4.08. The molecule has 0 atom stereocenters. The normalized spacial score (nSPS) is 12.0. The standard InChI is InChI=1S/C12H13ClN2O3S/c1-9-10(5-6-18-9)8-15(2)19(16,17)11-3-4-12(13)14-7-11/h3-7H,8H2,1-2H3. The van der Waals surface area contributed by atoms with Crippen molar-refractivity contribution in [3.63, 3.8) is 0 Å². The molecule has 5 nitrogen and oxygen atoms in total. The van der Waals surface area contributed by atoms with E-state index in [1.807, 2.05) is 0 Å². The number of hydrogen-bond acceptors (Lipinski definition) is 4. The number of sulfonamides is 1. The van der Waals surface area contributed by atoms with Gasteiger partial charge in [-0.15, -0.1) is 0 Å². The first kappa shape index (κ1) is 14.0. The van der Waals surface area contributed by atoms with Gasteiger partial charge in [0.1, 0.15) is 15.8 Å². The van der Waals surface area contributed by atoms with E-state index in [4.69, 9.17) is 16.0 Å². The van der Waals surface area contributed by atoms with Crippen molar-refractivity contribution in [1.82, 2.24) is 9.29 Å². The van der Waals surface area contributed by atoms with Crippen LogP contribution in [0.15, 0.2) is 40.0 Å². The lowest BCUT2D eigenvalue weighted by Gasteiger charge is -2.16. The second-order valence-corrected chi connectivity index (χ2v) is 6.51. The molecule has 2 rings (SSSR count). The molecule has 0 N–H and O–H groups in total. The largest absolute Gasteiger partial charge is 0.469 e. The summed E-state index contributed by atoms with van der Waals surface area (Å²) in [5, 5.41) is 0.257. The Labute approximate surface area is 116 Å². The van der Waals surface area contributed by atoms with E-state index in [2.05, 4.69) is 4.98 Å². The van der Waals surface area contributed by atoms with Gasteiger partial charge in [0, 0.05) is 25.4 Å². The molecule has 0 fully saturated rings. The monoisotopic (exact) mass is 300 g/mol. The predicted molar refractivity (Wildman–Crippen MR) is 71.3 cm³/mol. The topological polar surface area (TPSA) is 63.4 Å². The molecule has 2 aromatic rings. The van der Waals surface area contributed by atoms with Crippen LogP contribution in [0.25, 0.3) is 0 Å². The summed E-state index contributed by atoms with van der Waals surface area (Å²) >= 11 is 5.65. The van der Waals surface area contributed by atoms with Crippen LogP contribution in [0.5, 0.6) is 0 Å². The van der Waals surface area contributed by atoms with E-state index in [1.54, 1.807) is 13.0 Å². The van der Waals surface area contributed by atoms with Crippen LogP contribution in [-0.4, -0.2) is 24.8 Å². The molecule has 0 radical (unpaired) electrons. The molecule has 19 heavy (non-hydrogen) atoms. The summed E-state index contributed by atoms with van der Waals surface area (Å²) in [6.45, 7) is 2.03. The number of nitrogens with zero attached hydrogens (tertiary/aromatic N) is 2. The summed E-state index contributed by atoms with van der Waals surface area (Å²) in [5.41, 5.74) is 0.827. The third-order valence-corrected chi connectivity index (χ3v) is 4.78. The number of furan rings is 1. The fourth-order valence-corrected chi connectivity index (χ4v) is 2.80. The van der Waals surface area contributed by atoms with Crippen LogP contribution >= 0.6 is 11.6 Å². The Hall–Kier alpha value is -1.37. The molecule has 102 valence electrons. The van der Waals surface area contributed by atoms with E-state index in [0.717, 1.165) is 5.56 Å². The lowest BCUT2D eigenvalue weighted by atomic mass is 10.3. The van der Waals surface area contributed by atoms with E-state index < -0.39 is 10.0 Å². The molecule has 7 heteroatoms. The maximum Gasteiger partial charge on any atom is 0.244 e. The molecule has 0 aliphatic heterocycles. The van der Waals surface area contributed by atoms with Gasteiger partial charge in [0.2, 0.25) is 10.0 Å². The van der Waals surface area contributed by atoms with E-state index in [-0.39, 0.29) is 16.6 Å². The van der Waals surface area contributed by atoms with Crippen molar-refractivity contribution >= 4 is 21.6 Å². The number of aryl methyl sites for hydroxylation is 1. The molecule has 0 saturated heterocycles. The second kappa shape index (κ2) is 5.32. The number of hydrogen-bond donors (Lipinski definition) is 0. The minimum absolute atomic E-state index is 0.112. The van der Waals surface area contributed by atoms with Crippen LogP contribution in [0, 0.1) is 6.92 Å². The number of pyridine rings is 1. The zero-order valence-electron chi connectivity index (χ0n) is 10.5. The van der Waals surface area contributed by atoms with Crippen LogP contribution in [0.3, 0.4) is 0 Å². The molecule has 0 spiro atoms. The molecular formula is C12H13ClN2O3S. The smallest absolute Gasteiger partial charge is 0.244 e. The zero-order valence-corrected chi connectivity index (χ0v) is 12.1. The minimum atomic E-state index is -3.58. The molecule has 0 saturated carbocycles. The molecule has 2 aromatic heterocycles. The van der Waals surface area contributed by atoms with Crippen molar-refractivity contribution in [3.05, 3.63) is 47.1 Å². The molecule has 0 aromatic carbocycles. The van der Waals surface area contributed by atoms with Gasteiger partial charge in [0.15, 0.2) is 0 Å². The SMILES string of the molecule is Cc1occc1CN(C)S(=O)(=O)c1ccc(Cl)nc1. The first-order valence-corrected chi connectivity index (χ1v) is 7.34.